The zero-order chi connectivity index (χ0) is 24.9. The highest BCUT2D eigenvalue weighted by Crippen LogP contribution is 2.32. The molecule has 1 N–H and O–H groups in total. The molecule has 36 heavy (non-hydrogen) atoms. The number of anilines is 3. The standard InChI is InChI=1S/C25H31N7O2S2/c1-17-16-26-24(35-17)28-22-27-23(32-11-9-31(10-12-32)13-14-34-2)30-25(29-22)36-20-7-3-18(4-8-20)15-21(33)19-5-6-19/h3-4,7-8,16,19H,5-6,9-15H2,1-2H3,(H,26,27,28,29,30). The Balaban J connectivity index is 1.31. The van der Waals surface area contributed by atoms with Crippen molar-refractivity contribution in [2.45, 2.75) is 36.2 Å². The molecule has 5 rings (SSSR count). The molecule has 1 saturated heterocycles. The second kappa shape index (κ2) is 11.6. The second-order valence-electron chi connectivity index (χ2n) is 9.13. The van der Waals surface area contributed by atoms with Gasteiger partial charge in [0.1, 0.15) is 5.78 Å². The second-order valence-corrected chi connectivity index (χ2v) is 11.4. The summed E-state index contributed by atoms with van der Waals surface area (Å²) in [5.74, 6) is 1.80. The number of ketones is 1. The summed E-state index contributed by atoms with van der Waals surface area (Å²) in [6, 6.07) is 8.13. The molecule has 0 atom stereocenters. The van der Waals surface area contributed by atoms with E-state index in [1.807, 2.05) is 37.4 Å². The van der Waals surface area contributed by atoms with E-state index in [2.05, 4.69) is 25.1 Å². The first-order chi connectivity index (χ1) is 17.6. The molecule has 1 saturated carbocycles. The number of Topliss-reactive ketones (excluding diaryl/α,β-unsaturated/α-hetero) is 1. The molecule has 0 radical (unpaired) electrons. The minimum absolute atomic E-state index is 0.289. The predicted octanol–water partition coefficient (Wildman–Crippen LogP) is 3.82. The largest absolute Gasteiger partial charge is 0.383 e. The van der Waals surface area contributed by atoms with Gasteiger partial charge in [0, 0.05) is 68.1 Å². The molecule has 0 unspecified atom stereocenters. The highest BCUT2D eigenvalue weighted by Gasteiger charge is 2.29. The number of carbonyl (C=O) groups excluding carboxylic acids is 1. The summed E-state index contributed by atoms with van der Waals surface area (Å²) < 4.78 is 5.22. The van der Waals surface area contributed by atoms with Crippen LogP contribution < -0.4 is 10.2 Å². The zero-order valence-corrected chi connectivity index (χ0v) is 22.3. The number of rotatable bonds is 11. The van der Waals surface area contributed by atoms with Crippen LogP contribution in [0.2, 0.25) is 0 Å². The fraction of sp³-hybridized carbons (Fsp3) is 0.480. The van der Waals surface area contributed by atoms with Crippen molar-refractivity contribution in [3.63, 3.8) is 0 Å². The van der Waals surface area contributed by atoms with Crippen LogP contribution in [0.1, 0.15) is 23.3 Å². The van der Waals surface area contributed by atoms with E-state index in [0.717, 1.165) is 72.6 Å². The van der Waals surface area contributed by atoms with Gasteiger partial charge in [0.2, 0.25) is 11.9 Å². The lowest BCUT2D eigenvalue weighted by Gasteiger charge is -2.34. The van der Waals surface area contributed by atoms with Gasteiger partial charge >= 0.3 is 0 Å². The molecule has 2 fully saturated rings. The number of methoxy groups -OCH3 is 1. The van der Waals surface area contributed by atoms with Crippen LogP contribution in [0.25, 0.3) is 0 Å². The number of aryl methyl sites for hydroxylation is 1. The summed E-state index contributed by atoms with van der Waals surface area (Å²) >= 11 is 3.06. The summed E-state index contributed by atoms with van der Waals surface area (Å²) in [7, 11) is 1.74. The molecule has 0 amide bonds. The average Bonchev–Trinajstić information content (AvgIpc) is 3.66. The van der Waals surface area contributed by atoms with Crippen molar-refractivity contribution in [1.29, 1.82) is 0 Å². The van der Waals surface area contributed by atoms with Crippen LogP contribution in [0.3, 0.4) is 0 Å². The Morgan fingerprint density at radius 2 is 1.92 bits per heavy atom. The van der Waals surface area contributed by atoms with Gasteiger partial charge in [-0.2, -0.15) is 15.0 Å². The van der Waals surface area contributed by atoms with Crippen LogP contribution in [0.4, 0.5) is 17.0 Å². The Morgan fingerprint density at radius 3 is 2.58 bits per heavy atom. The van der Waals surface area contributed by atoms with Crippen LogP contribution >= 0.6 is 23.1 Å². The first-order valence-electron chi connectivity index (χ1n) is 12.3. The summed E-state index contributed by atoms with van der Waals surface area (Å²) in [5.41, 5.74) is 1.06. The van der Waals surface area contributed by atoms with Gasteiger partial charge in [-0.3, -0.25) is 15.0 Å². The number of benzene rings is 1. The van der Waals surface area contributed by atoms with Crippen molar-refractivity contribution in [3.05, 3.63) is 40.9 Å². The maximum Gasteiger partial charge on any atom is 0.234 e. The maximum atomic E-state index is 12.1. The average molecular weight is 526 g/mol. The van der Waals surface area contributed by atoms with Gasteiger partial charge in [-0.1, -0.05) is 12.1 Å². The van der Waals surface area contributed by atoms with E-state index < -0.39 is 0 Å². The maximum absolute atomic E-state index is 12.1. The third-order valence-corrected chi connectivity index (χ3v) is 7.95. The fourth-order valence-corrected chi connectivity index (χ4v) is 5.42. The Kier molecular flexibility index (Phi) is 8.10. The highest BCUT2D eigenvalue weighted by atomic mass is 32.2. The summed E-state index contributed by atoms with van der Waals surface area (Å²) in [4.78, 5) is 37.5. The molecule has 1 aliphatic carbocycles. The van der Waals surface area contributed by atoms with Gasteiger partial charge < -0.3 is 9.64 Å². The van der Waals surface area contributed by atoms with E-state index in [0.29, 0.717) is 29.3 Å². The topological polar surface area (TPSA) is 96.4 Å². The molecule has 3 heterocycles. The summed E-state index contributed by atoms with van der Waals surface area (Å²) in [5, 5.41) is 4.64. The smallest absolute Gasteiger partial charge is 0.234 e. The Hall–Kier alpha value is -2.60. The van der Waals surface area contributed by atoms with Crippen LogP contribution in [0.5, 0.6) is 0 Å². The molecular weight excluding hydrogens is 494 g/mol. The zero-order valence-electron chi connectivity index (χ0n) is 20.6. The van der Waals surface area contributed by atoms with E-state index in [-0.39, 0.29) is 5.92 Å². The number of carbonyl (C=O) groups is 1. The minimum Gasteiger partial charge on any atom is -0.383 e. The van der Waals surface area contributed by atoms with Crippen molar-refractivity contribution in [1.82, 2.24) is 24.8 Å². The number of hydrogen-bond donors (Lipinski definition) is 1. The van der Waals surface area contributed by atoms with E-state index in [1.165, 1.54) is 11.8 Å². The quantitative estimate of drug-likeness (QED) is 0.398. The number of thiazole rings is 1. The molecule has 3 aromatic rings. The van der Waals surface area contributed by atoms with Crippen molar-refractivity contribution in [2.75, 3.05) is 56.7 Å². The molecule has 11 heteroatoms. The fourth-order valence-electron chi connectivity index (χ4n) is 4.02. The van der Waals surface area contributed by atoms with Gasteiger partial charge in [-0.15, -0.1) is 11.3 Å². The van der Waals surface area contributed by atoms with Crippen LogP contribution in [-0.2, 0) is 16.0 Å². The van der Waals surface area contributed by atoms with E-state index in [4.69, 9.17) is 14.7 Å². The number of hydrogen-bond acceptors (Lipinski definition) is 11. The summed E-state index contributed by atoms with van der Waals surface area (Å²) in [6.07, 6.45) is 4.45. The van der Waals surface area contributed by atoms with E-state index in [1.54, 1.807) is 18.4 Å². The molecule has 1 aliphatic heterocycles. The predicted molar refractivity (Wildman–Crippen MR) is 142 cm³/mol. The molecule has 0 spiro atoms. The lowest BCUT2D eigenvalue weighted by Crippen LogP contribution is -2.48. The highest BCUT2D eigenvalue weighted by molar-refractivity contribution is 7.99. The number of aromatic nitrogens is 4. The molecular formula is C25H31N7O2S2. The van der Waals surface area contributed by atoms with Crippen LogP contribution in [0, 0.1) is 12.8 Å². The van der Waals surface area contributed by atoms with Crippen LogP contribution in [0.15, 0.2) is 40.5 Å². The van der Waals surface area contributed by atoms with Gasteiger partial charge in [-0.25, -0.2) is 4.98 Å². The number of nitrogens with one attached hydrogen (secondary N) is 1. The van der Waals surface area contributed by atoms with Crippen molar-refractivity contribution >= 4 is 45.9 Å². The van der Waals surface area contributed by atoms with Crippen molar-refractivity contribution in [2.24, 2.45) is 5.92 Å². The number of piperazine rings is 1. The lowest BCUT2D eigenvalue weighted by atomic mass is 10.1. The number of ether oxygens (including phenoxy) is 1. The lowest BCUT2D eigenvalue weighted by molar-refractivity contribution is -0.119. The third kappa shape index (κ3) is 6.78. The van der Waals surface area contributed by atoms with Crippen LogP contribution in [-0.4, -0.2) is 77.1 Å². The first-order valence-corrected chi connectivity index (χ1v) is 13.9. The Morgan fingerprint density at radius 1 is 1.14 bits per heavy atom. The van der Waals surface area contributed by atoms with E-state index in [9.17, 15) is 4.79 Å². The van der Waals surface area contributed by atoms with Crippen molar-refractivity contribution < 1.29 is 9.53 Å². The monoisotopic (exact) mass is 525 g/mol. The Labute approximate surface area is 219 Å². The normalized spacial score (nSPS) is 16.3. The van der Waals surface area contributed by atoms with Gasteiger partial charge in [-0.05, 0) is 49.2 Å². The molecule has 9 nitrogen and oxygen atoms in total. The van der Waals surface area contributed by atoms with Gasteiger partial charge in [0.15, 0.2) is 10.3 Å². The van der Waals surface area contributed by atoms with Gasteiger partial charge in [0.05, 0.1) is 6.61 Å². The van der Waals surface area contributed by atoms with Crippen molar-refractivity contribution in [3.8, 4) is 0 Å². The molecule has 0 bridgehead atoms. The van der Waals surface area contributed by atoms with Gasteiger partial charge in [0.25, 0.3) is 0 Å². The molecule has 1 aromatic carbocycles. The summed E-state index contributed by atoms with van der Waals surface area (Å²) in [6.45, 7) is 7.26. The first kappa shape index (κ1) is 25.1. The van der Waals surface area contributed by atoms with E-state index >= 15 is 0 Å². The number of nitrogens with zero attached hydrogens (tertiary/aromatic N) is 6. The SMILES string of the molecule is COCCN1CCN(c2nc(Nc3ncc(C)s3)nc(Sc3ccc(CC(=O)C4CC4)cc3)n2)CC1. The molecule has 2 aliphatic rings. The molecule has 2 aromatic heterocycles. The molecule has 190 valence electrons. The Bertz CT molecular complexity index is 1180. The minimum atomic E-state index is 0.289. The third-order valence-electron chi connectivity index (χ3n) is 6.25.